The molecule has 1 atom stereocenters. The molecule has 0 bridgehead atoms. The number of para-hydroxylation sites is 1. The zero-order valence-electron chi connectivity index (χ0n) is 18.4. The summed E-state index contributed by atoms with van der Waals surface area (Å²) in [7, 11) is -2.13. The molecule has 1 fully saturated rings. The summed E-state index contributed by atoms with van der Waals surface area (Å²) in [5.41, 5.74) is 3.91. The van der Waals surface area contributed by atoms with Crippen LogP contribution in [0.25, 0.3) is 0 Å². The van der Waals surface area contributed by atoms with E-state index in [0.717, 1.165) is 47.5 Å². The Morgan fingerprint density at radius 3 is 2.23 bits per heavy atom. The van der Waals surface area contributed by atoms with E-state index in [1.807, 2.05) is 69.3 Å². The molecule has 1 N–H and O–H groups in total. The molecule has 1 heterocycles. The van der Waals surface area contributed by atoms with E-state index in [9.17, 15) is 9.59 Å². The van der Waals surface area contributed by atoms with E-state index in [-0.39, 0.29) is 17.5 Å². The summed E-state index contributed by atoms with van der Waals surface area (Å²) in [6.07, 6.45) is 5.89. The Hall–Kier alpha value is -2.19. The second-order valence-electron chi connectivity index (χ2n) is 8.72. The van der Waals surface area contributed by atoms with Gasteiger partial charge in [0.15, 0.2) is 0 Å². The summed E-state index contributed by atoms with van der Waals surface area (Å²) in [5.74, 6) is -0.101. The number of anilines is 1. The first-order chi connectivity index (χ1) is 14.4. The number of aryl methyl sites for hydroxylation is 2. The van der Waals surface area contributed by atoms with Crippen molar-refractivity contribution >= 4 is 24.8 Å². The summed E-state index contributed by atoms with van der Waals surface area (Å²) in [4.78, 5) is 26.0. The number of benzene rings is 2. The topological polar surface area (TPSA) is 55.4 Å². The molecule has 2 aromatic carbocycles. The molecule has 1 unspecified atom stereocenters. The number of ether oxygens (including phenoxy) is 1. The average Bonchev–Trinajstić information content (AvgIpc) is 2.75. The summed E-state index contributed by atoms with van der Waals surface area (Å²) in [6.45, 7) is 6.36. The third kappa shape index (κ3) is 5.49. The van der Waals surface area contributed by atoms with Gasteiger partial charge in [0.1, 0.15) is 0 Å². The van der Waals surface area contributed by atoms with Crippen LogP contribution in [-0.2, 0) is 20.9 Å². The molecule has 0 aliphatic carbocycles. The fourth-order valence-electron chi connectivity index (χ4n) is 4.62. The molecular formula is C25H34NO3P. The Balaban J connectivity index is 1.70. The second-order valence-corrected chi connectivity index (χ2v) is 13.7. The standard InChI is InChI=1S/C25H34NO3P/c1-19-11-10-12-20(2)24(19)26-25(28)21(3)30(15-8-5-9-16-30)18-23(27)29-17-22-13-6-4-7-14-22/h4,6-7,10-14,21,30H,5,8-9,15-18H2,1-3H3,(H,26,28). The Morgan fingerprint density at radius 2 is 1.60 bits per heavy atom. The molecule has 30 heavy (non-hydrogen) atoms. The molecule has 5 heteroatoms. The molecule has 1 aliphatic rings. The molecule has 1 aliphatic heterocycles. The minimum absolute atomic E-state index is 0.0526. The van der Waals surface area contributed by atoms with Gasteiger partial charge in [0.05, 0.1) is 0 Å². The first-order valence-electron chi connectivity index (χ1n) is 11.0. The van der Waals surface area contributed by atoms with Crippen molar-refractivity contribution in [3.05, 3.63) is 65.2 Å². The van der Waals surface area contributed by atoms with Gasteiger partial charge in [-0.15, -0.1) is 0 Å². The van der Waals surface area contributed by atoms with E-state index in [0.29, 0.717) is 12.8 Å². The fraction of sp³-hybridized carbons (Fsp3) is 0.440. The molecular weight excluding hydrogens is 393 g/mol. The summed E-state index contributed by atoms with van der Waals surface area (Å²) < 4.78 is 5.61. The van der Waals surface area contributed by atoms with Crippen molar-refractivity contribution in [2.45, 2.75) is 52.3 Å². The quantitative estimate of drug-likeness (QED) is 0.481. The third-order valence-electron chi connectivity index (χ3n) is 6.63. The molecule has 162 valence electrons. The average molecular weight is 428 g/mol. The predicted molar refractivity (Wildman–Crippen MR) is 127 cm³/mol. The van der Waals surface area contributed by atoms with Crippen LogP contribution in [-0.4, -0.2) is 36.0 Å². The van der Waals surface area contributed by atoms with Gasteiger partial charge < -0.3 is 0 Å². The van der Waals surface area contributed by atoms with Gasteiger partial charge in [-0.05, 0) is 0 Å². The molecule has 0 spiro atoms. The van der Waals surface area contributed by atoms with Gasteiger partial charge in [0.25, 0.3) is 0 Å². The van der Waals surface area contributed by atoms with Gasteiger partial charge in [-0.1, -0.05) is 0 Å². The van der Waals surface area contributed by atoms with E-state index < -0.39 is 7.26 Å². The maximum atomic E-state index is 13.3. The summed E-state index contributed by atoms with van der Waals surface area (Å²) >= 11 is 0. The van der Waals surface area contributed by atoms with Crippen LogP contribution in [0.4, 0.5) is 5.69 Å². The van der Waals surface area contributed by atoms with Crippen LogP contribution < -0.4 is 5.32 Å². The van der Waals surface area contributed by atoms with Gasteiger partial charge in [-0.2, -0.15) is 0 Å². The van der Waals surface area contributed by atoms with Crippen molar-refractivity contribution in [2.75, 3.05) is 23.8 Å². The van der Waals surface area contributed by atoms with Crippen LogP contribution in [0.15, 0.2) is 48.5 Å². The van der Waals surface area contributed by atoms with Crippen molar-refractivity contribution < 1.29 is 14.3 Å². The van der Waals surface area contributed by atoms with E-state index in [4.69, 9.17) is 4.74 Å². The third-order valence-corrected chi connectivity index (χ3v) is 12.4. The van der Waals surface area contributed by atoms with E-state index in [2.05, 4.69) is 5.32 Å². The molecule has 1 amide bonds. The number of carbonyl (C=O) groups is 2. The number of hydrogen-bond donors (Lipinski definition) is 1. The molecule has 0 saturated carbocycles. The normalized spacial score (nSPS) is 17.6. The number of rotatable bonds is 7. The van der Waals surface area contributed by atoms with E-state index in [1.165, 1.54) is 6.42 Å². The van der Waals surface area contributed by atoms with Crippen LogP contribution in [0.1, 0.15) is 42.9 Å². The monoisotopic (exact) mass is 427 g/mol. The van der Waals surface area contributed by atoms with Gasteiger partial charge >= 0.3 is 180 Å². The van der Waals surface area contributed by atoms with Crippen molar-refractivity contribution in [3.8, 4) is 0 Å². The number of carbonyl (C=O) groups excluding carboxylic acids is 2. The van der Waals surface area contributed by atoms with Gasteiger partial charge in [0.2, 0.25) is 0 Å². The fourth-order valence-corrected chi connectivity index (χ4v) is 9.61. The minimum atomic E-state index is -2.13. The molecule has 1 saturated heterocycles. The van der Waals surface area contributed by atoms with Crippen LogP contribution in [0, 0.1) is 13.8 Å². The number of hydrogen-bond acceptors (Lipinski definition) is 3. The van der Waals surface area contributed by atoms with Crippen molar-refractivity contribution in [1.82, 2.24) is 0 Å². The zero-order valence-corrected chi connectivity index (χ0v) is 19.4. The summed E-state index contributed by atoms with van der Waals surface area (Å²) in [6, 6.07) is 15.8. The Morgan fingerprint density at radius 1 is 0.967 bits per heavy atom. The van der Waals surface area contributed by atoms with Crippen LogP contribution in [0.5, 0.6) is 0 Å². The van der Waals surface area contributed by atoms with Crippen molar-refractivity contribution in [2.24, 2.45) is 0 Å². The zero-order chi connectivity index (χ0) is 21.6. The molecule has 0 aromatic heterocycles. The summed E-state index contributed by atoms with van der Waals surface area (Å²) in [5, 5.41) is 3.18. The van der Waals surface area contributed by atoms with Crippen LogP contribution >= 0.6 is 7.26 Å². The Kier molecular flexibility index (Phi) is 7.66. The van der Waals surface area contributed by atoms with Gasteiger partial charge in [-0.3, -0.25) is 0 Å². The molecule has 4 nitrogen and oxygen atoms in total. The molecule has 2 aromatic rings. The predicted octanol–water partition coefficient (Wildman–Crippen LogP) is 5.31. The number of amides is 1. The Bertz CT molecular complexity index is 855. The van der Waals surface area contributed by atoms with Crippen LogP contribution in [0.2, 0.25) is 0 Å². The number of esters is 1. The maximum absolute atomic E-state index is 13.3. The second kappa shape index (κ2) is 10.2. The first-order valence-corrected chi connectivity index (χ1v) is 13.7. The van der Waals surface area contributed by atoms with Gasteiger partial charge in [-0.25, -0.2) is 0 Å². The van der Waals surface area contributed by atoms with E-state index >= 15 is 0 Å². The molecule has 3 rings (SSSR count). The first kappa shape index (κ1) is 22.5. The van der Waals surface area contributed by atoms with Crippen LogP contribution in [0.3, 0.4) is 0 Å². The van der Waals surface area contributed by atoms with Crippen molar-refractivity contribution in [1.29, 1.82) is 0 Å². The number of nitrogens with one attached hydrogen (secondary N) is 1. The van der Waals surface area contributed by atoms with Crippen molar-refractivity contribution in [3.63, 3.8) is 0 Å². The SMILES string of the molecule is Cc1cccc(C)c1NC(=O)C(C)[PH]1(CC(=O)OCc2ccccc2)CCCCC1. The molecule has 0 radical (unpaired) electrons. The van der Waals surface area contributed by atoms with Gasteiger partial charge in [0, 0.05) is 0 Å². The Labute approximate surface area is 180 Å². The van der Waals surface area contributed by atoms with E-state index in [1.54, 1.807) is 0 Å².